The number of aromatic nitrogens is 3. The predicted octanol–water partition coefficient (Wildman–Crippen LogP) is 5.46. The van der Waals surface area contributed by atoms with Gasteiger partial charge < -0.3 is 14.3 Å². The number of rotatable bonds is 5. The maximum absolute atomic E-state index is 5.74. The number of benzene rings is 2. The molecule has 0 atom stereocenters. The van der Waals surface area contributed by atoms with E-state index in [-0.39, 0.29) is 0 Å². The number of hydrogen-bond acceptors (Lipinski definition) is 6. The Balaban J connectivity index is 1.67. The monoisotopic (exact) mass is 410 g/mol. The van der Waals surface area contributed by atoms with Crippen molar-refractivity contribution in [1.29, 1.82) is 0 Å². The molecule has 4 rings (SSSR count). The Morgan fingerprint density at radius 3 is 2.46 bits per heavy atom. The third-order valence-electron chi connectivity index (χ3n) is 3.88. The van der Waals surface area contributed by atoms with E-state index < -0.39 is 0 Å². The fourth-order valence-corrected chi connectivity index (χ4v) is 2.83. The molecular weight excluding hydrogens is 396 g/mol. The van der Waals surface area contributed by atoms with Gasteiger partial charge >= 0.3 is 6.01 Å². The first-order valence-corrected chi connectivity index (χ1v) is 8.94. The summed E-state index contributed by atoms with van der Waals surface area (Å²) in [5, 5.41) is 15.5. The van der Waals surface area contributed by atoms with Crippen LogP contribution >= 0.6 is 15.9 Å². The Kier molecular flexibility index (Phi) is 4.53. The van der Waals surface area contributed by atoms with Crippen LogP contribution in [0.25, 0.3) is 22.8 Å². The van der Waals surface area contributed by atoms with Gasteiger partial charge in [0.25, 0.3) is 0 Å². The molecule has 0 aliphatic carbocycles. The predicted molar refractivity (Wildman–Crippen MR) is 102 cm³/mol. The molecule has 2 aromatic carbocycles. The molecule has 0 radical (unpaired) electrons. The van der Waals surface area contributed by atoms with Crippen LogP contribution in [0.2, 0.25) is 0 Å². The maximum Gasteiger partial charge on any atom is 0.320 e. The van der Waals surface area contributed by atoms with E-state index in [2.05, 4.69) is 36.6 Å². The molecule has 0 saturated carbocycles. The van der Waals surface area contributed by atoms with Crippen molar-refractivity contribution in [1.82, 2.24) is 15.4 Å². The van der Waals surface area contributed by atoms with Gasteiger partial charge in [0, 0.05) is 15.6 Å². The molecule has 0 bridgehead atoms. The smallest absolute Gasteiger partial charge is 0.320 e. The lowest BCUT2D eigenvalue weighted by Crippen LogP contribution is -1.95. The molecule has 130 valence electrons. The second-order valence-electron chi connectivity index (χ2n) is 5.60. The zero-order valence-electron chi connectivity index (χ0n) is 13.9. The zero-order valence-corrected chi connectivity index (χ0v) is 15.5. The van der Waals surface area contributed by atoms with Gasteiger partial charge in [0.1, 0.15) is 11.4 Å². The Hall–Kier alpha value is -2.93. The molecular formula is C19H15BrN4O2. The van der Waals surface area contributed by atoms with Crippen LogP contribution in [0, 0.1) is 0 Å². The van der Waals surface area contributed by atoms with Gasteiger partial charge in [-0.15, -0.1) is 5.10 Å². The van der Waals surface area contributed by atoms with Crippen LogP contribution in [-0.2, 0) is 6.42 Å². The average molecular weight is 411 g/mol. The lowest BCUT2D eigenvalue weighted by molar-refractivity contribution is 0.424. The lowest BCUT2D eigenvalue weighted by Gasteiger charge is -2.03. The molecule has 0 saturated heterocycles. The van der Waals surface area contributed by atoms with Gasteiger partial charge in [0.15, 0.2) is 5.76 Å². The summed E-state index contributed by atoms with van der Waals surface area (Å²) in [4.78, 5) is 0. The van der Waals surface area contributed by atoms with E-state index in [9.17, 15) is 0 Å². The number of halogens is 1. The molecule has 0 fully saturated rings. The summed E-state index contributed by atoms with van der Waals surface area (Å²) in [6.07, 6.45) is 0.710. The lowest BCUT2D eigenvalue weighted by atomic mass is 10.1. The van der Waals surface area contributed by atoms with Crippen molar-refractivity contribution in [2.24, 2.45) is 0 Å². The van der Waals surface area contributed by atoms with Crippen molar-refractivity contribution in [2.45, 2.75) is 13.3 Å². The third-order valence-corrected chi connectivity index (χ3v) is 4.41. The largest absolute Gasteiger partial charge is 0.403 e. The summed E-state index contributed by atoms with van der Waals surface area (Å²) in [5.74, 6) is 1.08. The van der Waals surface area contributed by atoms with Crippen molar-refractivity contribution >= 4 is 27.6 Å². The van der Waals surface area contributed by atoms with Crippen LogP contribution in [-0.4, -0.2) is 15.4 Å². The van der Waals surface area contributed by atoms with Gasteiger partial charge in [-0.2, -0.15) is 0 Å². The van der Waals surface area contributed by atoms with Crippen LogP contribution in [0.1, 0.15) is 12.6 Å². The van der Waals surface area contributed by atoms with Gasteiger partial charge in [-0.3, -0.25) is 0 Å². The van der Waals surface area contributed by atoms with Crippen molar-refractivity contribution in [3.05, 3.63) is 64.8 Å². The summed E-state index contributed by atoms with van der Waals surface area (Å²) in [7, 11) is 0. The van der Waals surface area contributed by atoms with Crippen molar-refractivity contribution in [3.8, 4) is 22.8 Å². The summed E-state index contributed by atoms with van der Waals surface area (Å²) in [5.41, 5.74) is 3.30. The summed E-state index contributed by atoms with van der Waals surface area (Å²) in [6.45, 7) is 2.01. The molecule has 0 aliphatic rings. The third kappa shape index (κ3) is 3.25. The van der Waals surface area contributed by atoms with Crippen molar-refractivity contribution in [2.75, 3.05) is 5.32 Å². The zero-order chi connectivity index (χ0) is 17.9. The van der Waals surface area contributed by atoms with Gasteiger partial charge in [-0.25, -0.2) is 0 Å². The molecule has 1 N–H and O–H groups in total. The van der Waals surface area contributed by atoms with Gasteiger partial charge in [-0.05, 0) is 42.8 Å². The van der Waals surface area contributed by atoms with E-state index in [4.69, 9.17) is 8.94 Å². The van der Waals surface area contributed by atoms with Crippen LogP contribution in [0.5, 0.6) is 0 Å². The average Bonchev–Trinajstić information content (AvgIpc) is 3.31. The van der Waals surface area contributed by atoms with E-state index >= 15 is 0 Å². The Morgan fingerprint density at radius 1 is 0.962 bits per heavy atom. The Morgan fingerprint density at radius 2 is 1.73 bits per heavy atom. The first kappa shape index (κ1) is 16.5. The van der Waals surface area contributed by atoms with E-state index in [1.165, 1.54) is 0 Å². The number of hydrogen-bond donors (Lipinski definition) is 1. The van der Waals surface area contributed by atoms with Gasteiger partial charge in [0.05, 0.1) is 0 Å². The highest BCUT2D eigenvalue weighted by Gasteiger charge is 2.19. The van der Waals surface area contributed by atoms with E-state index in [0.717, 1.165) is 27.0 Å². The molecule has 6 nitrogen and oxygen atoms in total. The molecule has 4 aromatic rings. The first-order chi connectivity index (χ1) is 12.7. The summed E-state index contributed by atoms with van der Waals surface area (Å²) in [6, 6.07) is 17.7. The van der Waals surface area contributed by atoms with Crippen LogP contribution < -0.4 is 5.32 Å². The van der Waals surface area contributed by atoms with Crippen LogP contribution in [0.3, 0.4) is 0 Å². The van der Waals surface area contributed by atoms with E-state index in [0.29, 0.717) is 24.1 Å². The molecule has 0 aliphatic heterocycles. The minimum absolute atomic E-state index is 0.292. The number of nitrogens with one attached hydrogen (secondary N) is 1. The minimum Gasteiger partial charge on any atom is -0.403 e. The van der Waals surface area contributed by atoms with E-state index in [1.807, 2.05) is 61.5 Å². The Bertz CT molecular complexity index is 1010. The highest BCUT2D eigenvalue weighted by atomic mass is 79.9. The molecule has 0 unspecified atom stereocenters. The van der Waals surface area contributed by atoms with Crippen LogP contribution in [0.4, 0.5) is 11.7 Å². The standard InChI is InChI=1S/C19H15BrN4O2/c1-2-15-16(17(26-24-15)12-8-10-14(20)11-9-12)21-19-23-22-18(25-19)13-6-4-3-5-7-13/h3-11H,2H2,1H3,(H,21,23). The summed E-state index contributed by atoms with van der Waals surface area (Å²) >= 11 is 3.44. The maximum atomic E-state index is 5.74. The van der Waals surface area contributed by atoms with Gasteiger partial charge in [0.2, 0.25) is 5.89 Å². The highest BCUT2D eigenvalue weighted by molar-refractivity contribution is 9.10. The molecule has 26 heavy (non-hydrogen) atoms. The number of nitrogens with zero attached hydrogens (tertiary/aromatic N) is 3. The fraction of sp³-hybridized carbons (Fsp3) is 0.105. The molecule has 0 spiro atoms. The number of anilines is 2. The van der Waals surface area contributed by atoms with E-state index in [1.54, 1.807) is 0 Å². The summed E-state index contributed by atoms with van der Waals surface area (Å²) < 4.78 is 12.3. The molecule has 7 heteroatoms. The normalized spacial score (nSPS) is 10.8. The first-order valence-electron chi connectivity index (χ1n) is 8.15. The van der Waals surface area contributed by atoms with Crippen molar-refractivity contribution in [3.63, 3.8) is 0 Å². The quantitative estimate of drug-likeness (QED) is 0.470. The second-order valence-corrected chi connectivity index (χ2v) is 6.51. The fourth-order valence-electron chi connectivity index (χ4n) is 2.57. The topological polar surface area (TPSA) is 77.0 Å². The van der Waals surface area contributed by atoms with Crippen LogP contribution in [0.15, 0.2) is 68.0 Å². The highest BCUT2D eigenvalue weighted by Crippen LogP contribution is 2.34. The molecule has 2 heterocycles. The molecule has 2 aromatic heterocycles. The minimum atomic E-state index is 0.292. The van der Waals surface area contributed by atoms with Gasteiger partial charge in [-0.1, -0.05) is 51.3 Å². The number of aryl methyl sites for hydroxylation is 1. The Labute approximate surface area is 158 Å². The van der Waals surface area contributed by atoms with Crippen molar-refractivity contribution < 1.29 is 8.94 Å². The molecule has 0 amide bonds. The second kappa shape index (κ2) is 7.13. The SMILES string of the molecule is CCc1noc(-c2ccc(Br)cc2)c1Nc1nnc(-c2ccccc2)o1.